The zero-order chi connectivity index (χ0) is 32.6. The van der Waals surface area contributed by atoms with Crippen molar-refractivity contribution in [2.75, 3.05) is 0 Å². The molecule has 2 heterocycles. The largest absolute Gasteiger partial charge is 0.360 e. The van der Waals surface area contributed by atoms with Crippen LogP contribution >= 0.6 is 0 Å². The summed E-state index contributed by atoms with van der Waals surface area (Å²) in [5.74, 6) is 0. The predicted octanol–water partition coefficient (Wildman–Crippen LogP) is 11.2. The number of benzene rings is 7. The van der Waals surface area contributed by atoms with Gasteiger partial charge in [0.1, 0.15) is 6.17 Å². The molecule has 3 nitrogen and oxygen atoms in total. The fourth-order valence-electron chi connectivity index (χ4n) is 7.04. The Balaban J connectivity index is 1.17. The minimum atomic E-state index is -0.288. The second-order valence-electron chi connectivity index (χ2n) is 12.5. The van der Waals surface area contributed by atoms with Crippen LogP contribution in [-0.4, -0.2) is 10.3 Å². The summed E-state index contributed by atoms with van der Waals surface area (Å²) in [4.78, 5) is 5.38. The van der Waals surface area contributed by atoms with Gasteiger partial charge in [0.2, 0.25) is 0 Å². The van der Waals surface area contributed by atoms with E-state index in [0.717, 1.165) is 33.8 Å². The van der Waals surface area contributed by atoms with Crippen molar-refractivity contribution < 1.29 is 0 Å². The van der Waals surface area contributed by atoms with Crippen LogP contribution in [0.25, 0.3) is 55.4 Å². The van der Waals surface area contributed by atoms with Crippen LogP contribution in [0, 0.1) is 0 Å². The summed E-state index contributed by atoms with van der Waals surface area (Å²) in [6, 6.07) is 64.7. The molecule has 49 heavy (non-hydrogen) atoms. The van der Waals surface area contributed by atoms with E-state index in [4.69, 9.17) is 4.99 Å². The van der Waals surface area contributed by atoms with Gasteiger partial charge in [0.05, 0.1) is 16.7 Å². The lowest BCUT2D eigenvalue weighted by Gasteiger charge is -2.26. The molecule has 0 saturated heterocycles. The average molecular weight is 628 g/mol. The van der Waals surface area contributed by atoms with Crippen molar-refractivity contribution in [3.05, 3.63) is 205 Å². The number of allylic oxidation sites excluding steroid dienone is 1. The van der Waals surface area contributed by atoms with Gasteiger partial charge in [-0.1, -0.05) is 146 Å². The number of rotatable bonds is 6. The first-order valence-corrected chi connectivity index (χ1v) is 16.7. The molecule has 9 rings (SSSR count). The van der Waals surface area contributed by atoms with E-state index in [1.54, 1.807) is 0 Å². The third kappa shape index (κ3) is 5.42. The lowest BCUT2D eigenvalue weighted by atomic mass is 9.97. The number of aliphatic imine (C=N–C) groups is 1. The highest BCUT2D eigenvalue weighted by molar-refractivity contribution is 6.13. The minimum absolute atomic E-state index is 0.288. The Bertz CT molecular complexity index is 2470. The lowest BCUT2D eigenvalue weighted by molar-refractivity contribution is 0.663. The Labute approximate surface area is 286 Å². The van der Waals surface area contributed by atoms with Gasteiger partial charge in [-0.25, -0.2) is 0 Å². The minimum Gasteiger partial charge on any atom is -0.360 e. The van der Waals surface area contributed by atoms with Crippen molar-refractivity contribution in [3.8, 4) is 27.9 Å². The van der Waals surface area contributed by atoms with E-state index in [-0.39, 0.29) is 6.17 Å². The Kier molecular flexibility index (Phi) is 7.21. The van der Waals surface area contributed by atoms with Crippen LogP contribution in [0.5, 0.6) is 0 Å². The number of nitrogens with one attached hydrogen (secondary N) is 1. The Morgan fingerprint density at radius 1 is 0.429 bits per heavy atom. The fourth-order valence-corrected chi connectivity index (χ4v) is 7.04. The first-order valence-electron chi connectivity index (χ1n) is 16.7. The fraction of sp³-hybridized carbons (Fsp3) is 0.0217. The van der Waals surface area contributed by atoms with Crippen molar-refractivity contribution in [2.45, 2.75) is 6.17 Å². The van der Waals surface area contributed by atoms with E-state index in [1.165, 1.54) is 44.1 Å². The van der Waals surface area contributed by atoms with Gasteiger partial charge >= 0.3 is 0 Å². The average Bonchev–Trinajstić information content (AvgIpc) is 3.53. The van der Waals surface area contributed by atoms with Crippen LogP contribution in [0.4, 0.5) is 0 Å². The highest BCUT2D eigenvalue weighted by atomic mass is 15.1. The van der Waals surface area contributed by atoms with E-state index in [9.17, 15) is 0 Å². The molecule has 7 aromatic carbocycles. The first-order chi connectivity index (χ1) is 24.3. The van der Waals surface area contributed by atoms with Gasteiger partial charge in [0.25, 0.3) is 0 Å². The van der Waals surface area contributed by atoms with E-state index in [0.29, 0.717) is 0 Å². The number of aromatic nitrogens is 1. The van der Waals surface area contributed by atoms with Crippen LogP contribution in [0.1, 0.15) is 22.9 Å². The second-order valence-corrected chi connectivity index (χ2v) is 12.5. The van der Waals surface area contributed by atoms with Crippen LogP contribution in [-0.2, 0) is 0 Å². The van der Waals surface area contributed by atoms with Gasteiger partial charge in [-0.2, -0.15) is 0 Å². The van der Waals surface area contributed by atoms with E-state index < -0.39 is 0 Å². The highest BCUT2D eigenvalue weighted by Crippen LogP contribution is 2.34. The van der Waals surface area contributed by atoms with Crippen molar-refractivity contribution in [3.63, 3.8) is 0 Å². The lowest BCUT2D eigenvalue weighted by Crippen LogP contribution is -2.25. The Morgan fingerprint density at radius 3 is 1.59 bits per heavy atom. The molecule has 0 spiro atoms. The summed E-state index contributed by atoms with van der Waals surface area (Å²) < 4.78 is 2.37. The van der Waals surface area contributed by atoms with Crippen LogP contribution in [0.2, 0.25) is 0 Å². The number of fused-ring (bicyclic) bond motifs is 3. The summed E-state index contributed by atoms with van der Waals surface area (Å²) >= 11 is 0. The third-order valence-electron chi connectivity index (χ3n) is 9.41. The summed E-state index contributed by atoms with van der Waals surface area (Å²) in [6.45, 7) is 0. The molecule has 232 valence electrons. The quantitative estimate of drug-likeness (QED) is 0.195. The Morgan fingerprint density at radius 2 is 0.939 bits per heavy atom. The van der Waals surface area contributed by atoms with Crippen molar-refractivity contribution >= 4 is 33.2 Å². The zero-order valence-corrected chi connectivity index (χ0v) is 26.9. The molecule has 1 aliphatic heterocycles. The van der Waals surface area contributed by atoms with Crippen molar-refractivity contribution in [2.24, 2.45) is 4.99 Å². The molecule has 0 amide bonds. The van der Waals surface area contributed by atoms with Gasteiger partial charge in [0, 0.05) is 27.7 Å². The smallest absolute Gasteiger partial charge is 0.145 e. The molecule has 1 atom stereocenters. The van der Waals surface area contributed by atoms with Crippen molar-refractivity contribution in [1.82, 2.24) is 9.88 Å². The molecular weight excluding hydrogens is 595 g/mol. The molecule has 1 unspecified atom stereocenters. The number of hydrogen-bond donors (Lipinski definition) is 1. The topological polar surface area (TPSA) is 29.3 Å². The maximum Gasteiger partial charge on any atom is 0.145 e. The van der Waals surface area contributed by atoms with Gasteiger partial charge in [-0.3, -0.25) is 4.99 Å². The molecule has 0 radical (unpaired) electrons. The standard InChI is InChI=1S/C46H33N3/c1-3-14-32(15-4-1)34-18-11-20-36(28-34)42-31-43(37-21-12-19-35(29-37)33-16-5-2-6-17-33)48-46(47-42)38-22-13-23-39(30-38)49-44-26-9-7-24-40(44)41-25-8-10-27-45(41)49/h1-31,46-47H. The molecule has 1 aliphatic rings. The maximum atomic E-state index is 5.38. The molecule has 1 N–H and O–H groups in total. The third-order valence-corrected chi connectivity index (χ3v) is 9.41. The zero-order valence-electron chi connectivity index (χ0n) is 26.9. The summed E-state index contributed by atoms with van der Waals surface area (Å²) in [5.41, 5.74) is 13.5. The summed E-state index contributed by atoms with van der Waals surface area (Å²) in [7, 11) is 0. The highest BCUT2D eigenvalue weighted by Gasteiger charge is 2.21. The Hall–Kier alpha value is -6.45. The molecule has 3 heteroatoms. The maximum absolute atomic E-state index is 5.38. The van der Waals surface area contributed by atoms with E-state index in [2.05, 4.69) is 198 Å². The number of hydrogen-bond acceptors (Lipinski definition) is 2. The van der Waals surface area contributed by atoms with Crippen LogP contribution in [0.3, 0.4) is 0 Å². The van der Waals surface area contributed by atoms with Crippen molar-refractivity contribution in [1.29, 1.82) is 0 Å². The van der Waals surface area contributed by atoms with E-state index in [1.807, 2.05) is 0 Å². The normalized spacial score (nSPS) is 14.3. The van der Waals surface area contributed by atoms with Gasteiger partial charge < -0.3 is 9.88 Å². The summed E-state index contributed by atoms with van der Waals surface area (Å²) in [6.07, 6.45) is 1.91. The molecule has 0 bridgehead atoms. The molecule has 8 aromatic rings. The van der Waals surface area contributed by atoms with Crippen LogP contribution < -0.4 is 5.32 Å². The molecule has 0 aliphatic carbocycles. The van der Waals surface area contributed by atoms with Gasteiger partial charge in [0.15, 0.2) is 0 Å². The predicted molar refractivity (Wildman–Crippen MR) is 205 cm³/mol. The monoisotopic (exact) mass is 627 g/mol. The summed E-state index contributed by atoms with van der Waals surface area (Å²) in [5, 5.41) is 6.32. The van der Waals surface area contributed by atoms with Crippen LogP contribution in [0.15, 0.2) is 193 Å². The van der Waals surface area contributed by atoms with Gasteiger partial charge in [-0.05, 0) is 75.9 Å². The number of nitrogens with zero attached hydrogens (tertiary/aromatic N) is 2. The SMILES string of the molecule is C1=C(c2cccc(-c3ccccc3)c2)NC(c2cccc(-n3c4ccccc4c4ccccc43)c2)N=C1c1cccc(-c2ccccc2)c1. The molecular formula is C46H33N3. The number of para-hydroxylation sites is 2. The second kappa shape index (κ2) is 12.3. The molecule has 0 fully saturated rings. The van der Waals surface area contributed by atoms with Gasteiger partial charge in [-0.15, -0.1) is 0 Å². The van der Waals surface area contributed by atoms with E-state index >= 15 is 0 Å². The first kappa shape index (κ1) is 28.7. The molecule has 1 aromatic heterocycles. The molecule has 0 saturated carbocycles.